The van der Waals surface area contributed by atoms with Gasteiger partial charge in [0.1, 0.15) is 0 Å². The predicted molar refractivity (Wildman–Crippen MR) is 129 cm³/mol. The van der Waals surface area contributed by atoms with Gasteiger partial charge in [0.15, 0.2) is 0 Å². The molecule has 10 heteroatoms. The second-order valence-electron chi connectivity index (χ2n) is 7.31. The van der Waals surface area contributed by atoms with E-state index >= 15 is 0 Å². The molecule has 180 valence electrons. The molecule has 3 rings (SSSR count). The smallest absolute Gasteiger partial charge is 0.349 e. The summed E-state index contributed by atoms with van der Waals surface area (Å²) >= 11 is 12.0. The van der Waals surface area contributed by atoms with Crippen LogP contribution in [-0.4, -0.2) is 41.1 Å². The summed E-state index contributed by atoms with van der Waals surface area (Å²) in [5.74, 6) is -4.96. The number of rotatable bonds is 8. The van der Waals surface area contributed by atoms with E-state index in [0.29, 0.717) is 5.69 Å². The van der Waals surface area contributed by atoms with Crippen molar-refractivity contribution in [2.24, 2.45) is 0 Å². The van der Waals surface area contributed by atoms with Gasteiger partial charge in [0.25, 0.3) is 5.91 Å². The van der Waals surface area contributed by atoms with Gasteiger partial charge in [0.05, 0.1) is 21.2 Å². The first-order valence-corrected chi connectivity index (χ1v) is 10.9. The Labute approximate surface area is 210 Å². The Morgan fingerprint density at radius 1 is 0.743 bits per heavy atom. The summed E-state index contributed by atoms with van der Waals surface area (Å²) in [6.07, 6.45) is -4.26. The van der Waals surface area contributed by atoms with Crippen molar-refractivity contribution in [3.05, 3.63) is 99.5 Å². The summed E-state index contributed by atoms with van der Waals surface area (Å²) in [5, 5.41) is 12.3. The van der Waals surface area contributed by atoms with Crippen LogP contribution in [0.3, 0.4) is 0 Å². The highest BCUT2D eigenvalue weighted by molar-refractivity contribution is 6.34. The van der Waals surface area contributed by atoms with E-state index in [1.165, 1.54) is 36.4 Å². The SMILES string of the molecule is Cc1ccc(NC(=O)[C@H](OC(=O)c2ccccc2Cl)[C@@H](OC(=O)c2ccccc2Cl)C(=O)O)cc1. The number of aryl methyl sites for hydroxylation is 1. The van der Waals surface area contributed by atoms with Crippen molar-refractivity contribution in [1.82, 2.24) is 0 Å². The average molecular weight is 516 g/mol. The van der Waals surface area contributed by atoms with E-state index in [0.717, 1.165) is 5.56 Å². The number of nitrogens with one attached hydrogen (secondary N) is 1. The first kappa shape index (κ1) is 25.7. The number of esters is 2. The number of carboxylic acid groups (broad SMARTS) is 1. The van der Waals surface area contributed by atoms with E-state index in [1.807, 2.05) is 6.92 Å². The molecule has 0 spiro atoms. The molecule has 0 saturated heterocycles. The summed E-state index contributed by atoms with van der Waals surface area (Å²) in [7, 11) is 0. The molecule has 0 aliphatic heterocycles. The molecule has 3 aromatic rings. The molecule has 0 fully saturated rings. The van der Waals surface area contributed by atoms with Gasteiger partial charge < -0.3 is 19.9 Å². The van der Waals surface area contributed by atoms with Crippen molar-refractivity contribution in [1.29, 1.82) is 0 Å². The molecular formula is C25H19Cl2NO7. The molecule has 1 amide bonds. The Bertz CT molecular complexity index is 1260. The highest BCUT2D eigenvalue weighted by atomic mass is 35.5. The van der Waals surface area contributed by atoms with E-state index in [4.69, 9.17) is 32.7 Å². The van der Waals surface area contributed by atoms with Crippen LogP contribution in [-0.2, 0) is 19.1 Å². The van der Waals surface area contributed by atoms with E-state index in [2.05, 4.69) is 5.32 Å². The van der Waals surface area contributed by atoms with Gasteiger partial charge in [0.2, 0.25) is 12.2 Å². The normalized spacial score (nSPS) is 12.2. The maximum absolute atomic E-state index is 13.1. The third kappa shape index (κ3) is 6.59. The van der Waals surface area contributed by atoms with Gasteiger partial charge in [-0.15, -0.1) is 0 Å². The van der Waals surface area contributed by atoms with E-state index in [-0.39, 0.29) is 21.2 Å². The lowest BCUT2D eigenvalue weighted by molar-refractivity contribution is -0.157. The van der Waals surface area contributed by atoms with Crippen molar-refractivity contribution >= 4 is 52.7 Å². The maximum Gasteiger partial charge on any atom is 0.349 e. The van der Waals surface area contributed by atoms with E-state index in [9.17, 15) is 24.3 Å². The number of carboxylic acids is 1. The molecule has 0 radical (unpaired) electrons. The summed E-state index contributed by atoms with van der Waals surface area (Å²) in [4.78, 5) is 50.6. The molecule has 0 aliphatic rings. The zero-order valence-corrected chi connectivity index (χ0v) is 19.7. The van der Waals surface area contributed by atoms with Crippen molar-refractivity contribution < 1.29 is 33.8 Å². The molecule has 0 aromatic heterocycles. The Hall–Kier alpha value is -3.88. The molecule has 2 N–H and O–H groups in total. The van der Waals surface area contributed by atoms with Gasteiger partial charge in [0, 0.05) is 5.69 Å². The number of carbonyl (C=O) groups excluding carboxylic acids is 3. The molecule has 8 nitrogen and oxygen atoms in total. The number of benzene rings is 3. The average Bonchev–Trinajstić information content (AvgIpc) is 2.82. The van der Waals surface area contributed by atoms with Crippen LogP contribution in [0.4, 0.5) is 5.69 Å². The summed E-state index contributed by atoms with van der Waals surface area (Å²) in [5.41, 5.74) is 0.988. The fourth-order valence-corrected chi connectivity index (χ4v) is 3.38. The van der Waals surface area contributed by atoms with E-state index < -0.39 is 36.0 Å². The fourth-order valence-electron chi connectivity index (χ4n) is 2.96. The Kier molecular flexibility index (Phi) is 8.46. The standard InChI is InChI=1S/C25H19Cl2NO7/c1-14-10-12-15(13-11-14)28-22(29)20(34-24(32)16-6-2-4-8-18(16)26)21(23(30)31)35-25(33)17-7-3-5-9-19(17)27/h2-13,20-21H,1H3,(H,28,29)(H,30,31)/t20-,21-/m1/s1. The fraction of sp³-hybridized carbons (Fsp3) is 0.120. The monoisotopic (exact) mass is 515 g/mol. The molecule has 3 aromatic carbocycles. The number of anilines is 1. The largest absolute Gasteiger partial charge is 0.478 e. The van der Waals surface area contributed by atoms with Gasteiger partial charge in [-0.3, -0.25) is 4.79 Å². The van der Waals surface area contributed by atoms with Crippen LogP contribution in [0.15, 0.2) is 72.8 Å². The number of carbonyl (C=O) groups is 4. The molecule has 0 saturated carbocycles. The van der Waals surface area contributed by atoms with Crippen LogP contribution < -0.4 is 5.32 Å². The summed E-state index contributed by atoms with van der Waals surface area (Å²) < 4.78 is 10.3. The molecule has 0 bridgehead atoms. The van der Waals surface area contributed by atoms with Gasteiger partial charge in [-0.05, 0) is 43.3 Å². The van der Waals surface area contributed by atoms with Gasteiger partial charge in [-0.2, -0.15) is 0 Å². The number of halogens is 2. The first-order chi connectivity index (χ1) is 16.7. The Balaban J connectivity index is 1.93. The number of ether oxygens (including phenoxy) is 2. The zero-order valence-electron chi connectivity index (χ0n) is 18.2. The zero-order chi connectivity index (χ0) is 25.5. The number of aliphatic carboxylic acids is 1. The minimum absolute atomic E-state index is 0.00959. The molecule has 2 atom stereocenters. The van der Waals surface area contributed by atoms with Crippen LogP contribution in [0.2, 0.25) is 10.0 Å². The van der Waals surface area contributed by atoms with Crippen molar-refractivity contribution in [3.63, 3.8) is 0 Å². The molecule has 35 heavy (non-hydrogen) atoms. The highest BCUT2D eigenvalue weighted by Crippen LogP contribution is 2.21. The van der Waals surface area contributed by atoms with Crippen molar-refractivity contribution in [2.75, 3.05) is 5.32 Å². The van der Waals surface area contributed by atoms with Crippen molar-refractivity contribution in [3.8, 4) is 0 Å². The third-order valence-corrected chi connectivity index (χ3v) is 5.41. The first-order valence-electron chi connectivity index (χ1n) is 10.2. The minimum Gasteiger partial charge on any atom is -0.478 e. The lowest BCUT2D eigenvalue weighted by Crippen LogP contribution is -2.48. The summed E-state index contributed by atoms with van der Waals surface area (Å²) in [6.45, 7) is 1.84. The quantitative estimate of drug-likeness (QED) is 0.414. The van der Waals surface area contributed by atoms with Crippen LogP contribution in [0, 0.1) is 6.92 Å². The van der Waals surface area contributed by atoms with Crippen LogP contribution in [0.5, 0.6) is 0 Å². The van der Waals surface area contributed by atoms with Crippen LogP contribution in [0.1, 0.15) is 26.3 Å². The topological polar surface area (TPSA) is 119 Å². The number of hydrogen-bond acceptors (Lipinski definition) is 6. The second-order valence-corrected chi connectivity index (χ2v) is 8.12. The third-order valence-electron chi connectivity index (χ3n) is 4.75. The Morgan fingerprint density at radius 2 is 1.20 bits per heavy atom. The summed E-state index contributed by atoms with van der Waals surface area (Å²) in [6, 6.07) is 18.2. The molecule has 0 unspecified atom stereocenters. The molecular weight excluding hydrogens is 497 g/mol. The number of hydrogen-bond donors (Lipinski definition) is 2. The highest BCUT2D eigenvalue weighted by Gasteiger charge is 2.41. The van der Waals surface area contributed by atoms with E-state index in [1.54, 1.807) is 36.4 Å². The minimum atomic E-state index is -2.20. The number of amides is 1. The van der Waals surface area contributed by atoms with Crippen LogP contribution >= 0.6 is 23.2 Å². The molecule has 0 aliphatic carbocycles. The van der Waals surface area contributed by atoms with Gasteiger partial charge >= 0.3 is 17.9 Å². The van der Waals surface area contributed by atoms with Gasteiger partial charge in [-0.1, -0.05) is 65.2 Å². The lowest BCUT2D eigenvalue weighted by Gasteiger charge is -2.24. The van der Waals surface area contributed by atoms with Gasteiger partial charge in [-0.25, -0.2) is 14.4 Å². The second kappa shape index (κ2) is 11.5. The predicted octanol–water partition coefficient (Wildman–Crippen LogP) is 4.78. The lowest BCUT2D eigenvalue weighted by atomic mass is 10.1. The Morgan fingerprint density at radius 3 is 1.66 bits per heavy atom. The van der Waals surface area contributed by atoms with Crippen LogP contribution in [0.25, 0.3) is 0 Å². The van der Waals surface area contributed by atoms with Crippen molar-refractivity contribution in [2.45, 2.75) is 19.1 Å². The molecule has 0 heterocycles. The maximum atomic E-state index is 13.1.